The third-order valence-corrected chi connectivity index (χ3v) is 1.95. The predicted octanol–water partition coefficient (Wildman–Crippen LogP) is 0.428. The quantitative estimate of drug-likeness (QED) is 0.746. The molecule has 1 aromatic rings. The first kappa shape index (κ1) is 12.2. The highest BCUT2D eigenvalue weighted by Crippen LogP contribution is 2.17. The molecule has 5 nitrogen and oxygen atoms in total. The first-order valence-electron chi connectivity index (χ1n) is 4.79. The molecule has 2 atom stereocenters. The molecule has 1 unspecified atom stereocenters. The average molecular weight is 221 g/mol. The number of hydrogen-bond acceptors (Lipinski definition) is 4. The van der Waals surface area contributed by atoms with Crippen molar-refractivity contribution in [1.82, 2.24) is 5.73 Å². The maximum absolute atomic E-state index is 11.2. The van der Waals surface area contributed by atoms with Gasteiger partial charge in [0, 0.05) is 5.56 Å². The number of esters is 1. The van der Waals surface area contributed by atoms with Gasteiger partial charge in [-0.25, -0.2) is 0 Å². The van der Waals surface area contributed by atoms with E-state index >= 15 is 0 Å². The summed E-state index contributed by atoms with van der Waals surface area (Å²) in [5.41, 5.74) is 12.8. The normalized spacial score (nSPS) is 13.9. The van der Waals surface area contributed by atoms with Crippen LogP contribution in [0.3, 0.4) is 0 Å². The average Bonchev–Trinajstić information content (AvgIpc) is 2.26. The Hall–Kier alpha value is -1.88. The molecule has 0 aromatic heterocycles. The summed E-state index contributed by atoms with van der Waals surface area (Å²) >= 11 is 0. The highest BCUT2D eigenvalue weighted by atomic mass is 16.5. The molecular weight excluding hydrogens is 208 g/mol. The summed E-state index contributed by atoms with van der Waals surface area (Å²) in [4.78, 5) is 22.3. The van der Waals surface area contributed by atoms with Crippen molar-refractivity contribution in [3.8, 4) is 0 Å². The molecule has 0 saturated heterocycles. The first-order chi connectivity index (χ1) is 7.52. The Morgan fingerprint density at radius 1 is 1.31 bits per heavy atom. The van der Waals surface area contributed by atoms with Gasteiger partial charge in [0.25, 0.3) is 5.91 Å². The number of rotatable bonds is 4. The van der Waals surface area contributed by atoms with E-state index in [4.69, 9.17) is 16.2 Å². The zero-order valence-electron chi connectivity index (χ0n) is 8.84. The zero-order valence-corrected chi connectivity index (χ0v) is 8.84. The number of benzene rings is 1. The van der Waals surface area contributed by atoms with Crippen molar-refractivity contribution in [1.29, 1.82) is 0 Å². The third-order valence-electron chi connectivity index (χ3n) is 1.95. The van der Waals surface area contributed by atoms with Crippen LogP contribution in [0.4, 0.5) is 0 Å². The van der Waals surface area contributed by atoms with Gasteiger partial charge in [0.15, 0.2) is 0 Å². The molecule has 1 radical (unpaired) electrons. The van der Waals surface area contributed by atoms with Crippen molar-refractivity contribution in [3.63, 3.8) is 0 Å². The molecule has 1 rings (SSSR count). The topological polar surface area (TPSA) is 93.2 Å². The van der Waals surface area contributed by atoms with Gasteiger partial charge >= 0.3 is 5.97 Å². The van der Waals surface area contributed by atoms with Gasteiger partial charge in [-0.1, -0.05) is 30.3 Å². The van der Waals surface area contributed by atoms with E-state index in [-0.39, 0.29) is 0 Å². The summed E-state index contributed by atoms with van der Waals surface area (Å²) in [7, 11) is 0. The van der Waals surface area contributed by atoms with Crippen LogP contribution >= 0.6 is 0 Å². The van der Waals surface area contributed by atoms with Crippen molar-refractivity contribution in [2.75, 3.05) is 0 Å². The van der Waals surface area contributed by atoms with E-state index in [2.05, 4.69) is 0 Å². The van der Waals surface area contributed by atoms with Gasteiger partial charge in [0.2, 0.25) is 6.10 Å². The minimum atomic E-state index is -1.19. The number of nitrogens with one attached hydrogen (secondary N) is 1. The van der Waals surface area contributed by atoms with Crippen molar-refractivity contribution in [3.05, 3.63) is 35.9 Å². The van der Waals surface area contributed by atoms with Gasteiger partial charge in [0.1, 0.15) is 6.04 Å². The Bertz CT molecular complexity index is 376. The second-order valence-electron chi connectivity index (χ2n) is 3.38. The molecule has 0 aliphatic carbocycles. The number of nitrogens with two attached hydrogens (primary N) is 1. The first-order valence-corrected chi connectivity index (χ1v) is 4.79. The van der Waals surface area contributed by atoms with E-state index in [0.717, 1.165) is 0 Å². The monoisotopic (exact) mass is 221 g/mol. The molecule has 0 aliphatic rings. The molecule has 0 saturated carbocycles. The lowest BCUT2D eigenvalue weighted by Gasteiger charge is -2.15. The number of amides is 1. The van der Waals surface area contributed by atoms with Gasteiger partial charge in [0.05, 0.1) is 0 Å². The van der Waals surface area contributed by atoms with Crippen LogP contribution in [-0.2, 0) is 14.3 Å². The Kier molecular flexibility index (Phi) is 4.02. The van der Waals surface area contributed by atoms with E-state index in [1.54, 1.807) is 30.3 Å². The summed E-state index contributed by atoms with van der Waals surface area (Å²) in [6.45, 7) is 1.46. The minimum Gasteiger partial charge on any atom is -0.446 e. The van der Waals surface area contributed by atoms with Gasteiger partial charge in [-0.2, -0.15) is 0 Å². The van der Waals surface area contributed by atoms with E-state index in [9.17, 15) is 9.59 Å². The lowest BCUT2D eigenvalue weighted by molar-refractivity contribution is -0.156. The Balaban J connectivity index is 2.85. The van der Waals surface area contributed by atoms with Crippen molar-refractivity contribution >= 4 is 11.9 Å². The van der Waals surface area contributed by atoms with Crippen molar-refractivity contribution < 1.29 is 14.3 Å². The highest BCUT2D eigenvalue weighted by molar-refractivity contribution is 5.84. The molecule has 0 heterocycles. The van der Waals surface area contributed by atoms with Crippen LogP contribution in [0.15, 0.2) is 30.3 Å². The fraction of sp³-hybridized carbons (Fsp3) is 0.273. The molecule has 1 amide bonds. The van der Waals surface area contributed by atoms with Crippen LogP contribution < -0.4 is 11.5 Å². The zero-order chi connectivity index (χ0) is 12.1. The number of ether oxygens (including phenoxy) is 1. The summed E-state index contributed by atoms with van der Waals surface area (Å²) in [6, 6.07) is 7.58. The standard InChI is InChI=1S/C11H13N2O3/c1-7(12)11(15)16-9(10(13)14)8-5-3-2-4-6-8/h2-7,9,13H,12H2,1H3/t7-,9?/m0/s1. The van der Waals surface area contributed by atoms with Crippen LogP contribution in [-0.4, -0.2) is 17.9 Å². The Morgan fingerprint density at radius 2 is 1.88 bits per heavy atom. The SMILES string of the molecule is C[C@H](N)C(=O)OC(C([NH])=O)c1ccccc1. The summed E-state index contributed by atoms with van der Waals surface area (Å²) in [6.07, 6.45) is -1.19. The van der Waals surface area contributed by atoms with E-state index < -0.39 is 24.0 Å². The molecule has 1 aromatic carbocycles. The van der Waals surface area contributed by atoms with Gasteiger partial charge in [-0.15, -0.1) is 0 Å². The number of carbonyl (C=O) groups is 2. The minimum absolute atomic E-state index is 0.469. The third kappa shape index (κ3) is 3.06. The second-order valence-corrected chi connectivity index (χ2v) is 3.38. The second kappa shape index (κ2) is 5.27. The summed E-state index contributed by atoms with van der Waals surface area (Å²) in [5.74, 6) is -1.67. The molecule has 3 N–H and O–H groups in total. The fourth-order valence-electron chi connectivity index (χ4n) is 1.12. The molecule has 16 heavy (non-hydrogen) atoms. The van der Waals surface area contributed by atoms with E-state index in [0.29, 0.717) is 5.56 Å². The van der Waals surface area contributed by atoms with E-state index in [1.807, 2.05) is 0 Å². The largest absolute Gasteiger partial charge is 0.446 e. The Morgan fingerprint density at radius 3 is 2.31 bits per heavy atom. The van der Waals surface area contributed by atoms with Crippen LogP contribution in [0.5, 0.6) is 0 Å². The summed E-state index contributed by atoms with van der Waals surface area (Å²) in [5, 5.41) is 0. The van der Waals surface area contributed by atoms with E-state index in [1.165, 1.54) is 6.92 Å². The highest BCUT2D eigenvalue weighted by Gasteiger charge is 2.24. The molecule has 0 spiro atoms. The molecule has 85 valence electrons. The smallest absolute Gasteiger partial charge is 0.323 e. The lowest BCUT2D eigenvalue weighted by atomic mass is 10.1. The van der Waals surface area contributed by atoms with Crippen LogP contribution in [0.1, 0.15) is 18.6 Å². The van der Waals surface area contributed by atoms with Gasteiger partial charge in [-0.3, -0.25) is 15.3 Å². The maximum Gasteiger partial charge on any atom is 0.323 e. The van der Waals surface area contributed by atoms with Gasteiger partial charge in [-0.05, 0) is 6.92 Å². The number of hydrogen-bond donors (Lipinski definition) is 1. The fourth-order valence-corrected chi connectivity index (χ4v) is 1.12. The molecule has 0 aliphatic heterocycles. The molecular formula is C11H13N2O3. The van der Waals surface area contributed by atoms with Gasteiger partial charge < -0.3 is 10.5 Å². The van der Waals surface area contributed by atoms with Crippen molar-refractivity contribution in [2.24, 2.45) is 5.73 Å². The Labute approximate surface area is 93.4 Å². The summed E-state index contributed by atoms with van der Waals surface area (Å²) < 4.78 is 4.86. The number of carbonyl (C=O) groups excluding carboxylic acids is 2. The van der Waals surface area contributed by atoms with Crippen LogP contribution in [0.2, 0.25) is 0 Å². The van der Waals surface area contributed by atoms with Crippen LogP contribution in [0.25, 0.3) is 0 Å². The molecule has 5 heteroatoms. The van der Waals surface area contributed by atoms with Crippen LogP contribution in [0, 0.1) is 0 Å². The predicted molar refractivity (Wildman–Crippen MR) is 57.0 cm³/mol. The lowest BCUT2D eigenvalue weighted by Crippen LogP contribution is -2.32. The molecule has 0 bridgehead atoms. The molecule has 0 fully saturated rings. The maximum atomic E-state index is 11.2. The van der Waals surface area contributed by atoms with Crippen molar-refractivity contribution in [2.45, 2.75) is 19.1 Å².